The Kier molecular flexibility index (Phi) is 6.70. The van der Waals surface area contributed by atoms with Crippen molar-refractivity contribution in [2.24, 2.45) is 5.10 Å². The number of hydrogen-bond donors (Lipinski definition) is 0. The number of nitro benzene ring substituents is 1. The molecule has 3 unspecified atom stereocenters. The first-order valence-electron chi connectivity index (χ1n) is 13.1. The number of hydrogen-bond acceptors (Lipinski definition) is 7. The van der Waals surface area contributed by atoms with Crippen LogP contribution >= 0.6 is 11.6 Å². The number of nitro groups is 1. The Hall–Kier alpha value is -5.10. The molecule has 1 aromatic heterocycles. The summed E-state index contributed by atoms with van der Waals surface area (Å²) in [6.45, 7) is 3.08. The molecule has 0 saturated carbocycles. The van der Waals surface area contributed by atoms with Gasteiger partial charge in [-0.1, -0.05) is 42.5 Å². The van der Waals surface area contributed by atoms with Crippen LogP contribution in [0.15, 0.2) is 88.8 Å². The van der Waals surface area contributed by atoms with E-state index in [0.29, 0.717) is 17.7 Å². The van der Waals surface area contributed by atoms with Crippen molar-refractivity contribution in [1.29, 1.82) is 0 Å². The minimum absolute atomic E-state index is 0.0974. The second-order valence-electron chi connectivity index (χ2n) is 10.0. The number of halogens is 1. The lowest BCUT2D eigenvalue weighted by molar-refractivity contribution is -0.384. The zero-order chi connectivity index (χ0) is 29.7. The zero-order valence-electron chi connectivity index (χ0n) is 22.5. The molecule has 1 fully saturated rings. The summed E-state index contributed by atoms with van der Waals surface area (Å²) in [7, 11) is 0. The molecule has 6 rings (SSSR count). The molecule has 2 aliphatic rings. The monoisotopic (exact) mass is 585 g/mol. The van der Waals surface area contributed by atoms with Crippen LogP contribution in [0.1, 0.15) is 47.9 Å². The van der Waals surface area contributed by atoms with Crippen LogP contribution in [0.5, 0.6) is 0 Å². The SMILES string of the molecule is CC(=O)N1N=C(c2ccc(-n3nc(C)n(N4C(=O)C(Cl)C4c4ccc([N+](=O)[O-])cc4)c3=O)cc2)CC1c1ccccc1. The van der Waals surface area contributed by atoms with Crippen LogP contribution in [0.4, 0.5) is 5.69 Å². The van der Waals surface area contributed by atoms with Crippen molar-refractivity contribution in [2.45, 2.75) is 37.7 Å². The fourth-order valence-electron chi connectivity index (χ4n) is 5.35. The summed E-state index contributed by atoms with van der Waals surface area (Å²) in [5.74, 6) is -0.381. The Bertz CT molecular complexity index is 1800. The summed E-state index contributed by atoms with van der Waals surface area (Å²) < 4.78 is 2.35. The van der Waals surface area contributed by atoms with Crippen LogP contribution in [0, 0.1) is 17.0 Å². The van der Waals surface area contributed by atoms with Crippen molar-refractivity contribution in [2.75, 3.05) is 5.01 Å². The quantitative estimate of drug-likeness (QED) is 0.146. The minimum Gasteiger partial charge on any atom is -0.273 e. The highest BCUT2D eigenvalue weighted by molar-refractivity contribution is 6.36. The number of hydrazone groups is 1. The normalized spacial score (nSPS) is 19.9. The van der Waals surface area contributed by atoms with E-state index in [2.05, 4.69) is 10.2 Å². The third-order valence-electron chi connectivity index (χ3n) is 7.44. The van der Waals surface area contributed by atoms with Gasteiger partial charge in [0.25, 0.3) is 11.6 Å². The van der Waals surface area contributed by atoms with Crippen molar-refractivity contribution >= 4 is 34.8 Å². The van der Waals surface area contributed by atoms with E-state index in [4.69, 9.17) is 11.6 Å². The second-order valence-corrected chi connectivity index (χ2v) is 10.5. The smallest absolute Gasteiger partial charge is 0.273 e. The van der Waals surface area contributed by atoms with E-state index in [0.717, 1.165) is 21.5 Å². The molecule has 0 N–H and O–H groups in total. The molecule has 0 aliphatic carbocycles. The molecule has 3 atom stereocenters. The molecular weight excluding hydrogens is 562 g/mol. The third kappa shape index (κ3) is 4.45. The lowest BCUT2D eigenvalue weighted by Gasteiger charge is -2.43. The van der Waals surface area contributed by atoms with Crippen molar-refractivity contribution in [3.8, 4) is 5.69 Å². The van der Waals surface area contributed by atoms with Gasteiger partial charge >= 0.3 is 5.69 Å². The number of aromatic nitrogens is 3. The van der Waals surface area contributed by atoms with Gasteiger partial charge in [0.1, 0.15) is 11.4 Å². The van der Waals surface area contributed by atoms with Gasteiger partial charge in [-0.3, -0.25) is 19.7 Å². The first kappa shape index (κ1) is 27.1. The molecule has 2 aliphatic heterocycles. The Labute approximate surface area is 244 Å². The maximum absolute atomic E-state index is 13.5. The second kappa shape index (κ2) is 10.4. The molecule has 212 valence electrons. The molecule has 2 amide bonds. The van der Waals surface area contributed by atoms with Gasteiger partial charge in [-0.05, 0) is 47.9 Å². The standard InChI is InChI=1S/C29H24ClN7O5/c1-17-31-34(29(40)35(17)36-27(26(30)28(36)39)21-10-14-23(15-11-21)37(41)42)22-12-8-19(9-13-22)24-16-25(33(32-24)18(2)38)20-6-4-3-5-7-20/h3-15,25-27H,16H2,1-2H3. The molecule has 42 heavy (non-hydrogen) atoms. The van der Waals surface area contributed by atoms with E-state index < -0.39 is 27.9 Å². The summed E-state index contributed by atoms with van der Waals surface area (Å²) in [6.07, 6.45) is 0.539. The van der Waals surface area contributed by atoms with Crippen molar-refractivity contribution in [1.82, 2.24) is 19.5 Å². The van der Waals surface area contributed by atoms with Crippen LogP contribution in [0.2, 0.25) is 0 Å². The number of benzene rings is 3. The van der Waals surface area contributed by atoms with Crippen LogP contribution in [-0.2, 0) is 9.59 Å². The van der Waals surface area contributed by atoms with E-state index in [9.17, 15) is 24.5 Å². The van der Waals surface area contributed by atoms with Gasteiger partial charge in [-0.25, -0.2) is 14.8 Å². The highest BCUT2D eigenvalue weighted by atomic mass is 35.5. The van der Waals surface area contributed by atoms with Gasteiger partial charge in [0.15, 0.2) is 5.82 Å². The molecular formula is C29H24ClN7O5. The summed E-state index contributed by atoms with van der Waals surface area (Å²) >= 11 is 6.33. The van der Waals surface area contributed by atoms with E-state index in [-0.39, 0.29) is 23.5 Å². The molecule has 0 radical (unpaired) electrons. The highest BCUT2D eigenvalue weighted by Crippen LogP contribution is 2.38. The maximum atomic E-state index is 13.5. The Morgan fingerprint density at radius 2 is 1.64 bits per heavy atom. The number of nitrogens with zero attached hydrogens (tertiary/aromatic N) is 7. The van der Waals surface area contributed by atoms with Gasteiger partial charge in [-0.2, -0.15) is 14.5 Å². The number of carbonyl (C=O) groups is 2. The zero-order valence-corrected chi connectivity index (χ0v) is 23.3. The summed E-state index contributed by atoms with van der Waals surface area (Å²) in [5, 5.41) is 21.8. The number of rotatable bonds is 6. The average molecular weight is 586 g/mol. The lowest BCUT2D eigenvalue weighted by Crippen LogP contribution is -2.64. The van der Waals surface area contributed by atoms with Crippen LogP contribution in [0.3, 0.4) is 0 Å². The summed E-state index contributed by atoms with van der Waals surface area (Å²) in [6, 6.07) is 21.5. The number of aryl methyl sites for hydroxylation is 1. The summed E-state index contributed by atoms with van der Waals surface area (Å²) in [5.41, 5.74) is 2.87. The topological polar surface area (TPSA) is 136 Å². The predicted molar refractivity (Wildman–Crippen MR) is 154 cm³/mol. The first-order valence-corrected chi connectivity index (χ1v) is 13.5. The Morgan fingerprint density at radius 3 is 2.26 bits per heavy atom. The molecule has 0 spiro atoms. The maximum Gasteiger partial charge on any atom is 0.370 e. The van der Waals surface area contributed by atoms with Gasteiger partial charge in [-0.15, -0.1) is 16.7 Å². The van der Waals surface area contributed by atoms with E-state index in [1.165, 1.54) is 45.9 Å². The number of non-ortho nitro benzene ring substituents is 1. The van der Waals surface area contributed by atoms with Crippen LogP contribution in [0.25, 0.3) is 5.69 Å². The van der Waals surface area contributed by atoms with Crippen LogP contribution < -0.4 is 10.7 Å². The fourth-order valence-corrected chi connectivity index (χ4v) is 5.70. The van der Waals surface area contributed by atoms with Gasteiger partial charge < -0.3 is 0 Å². The number of amides is 2. The molecule has 12 nitrogen and oxygen atoms in total. The number of alkyl halides is 1. The Balaban J connectivity index is 1.28. The minimum atomic E-state index is -0.943. The fraction of sp³-hybridized carbons (Fsp3) is 0.207. The highest BCUT2D eigenvalue weighted by Gasteiger charge is 2.50. The predicted octanol–water partition coefficient (Wildman–Crippen LogP) is 3.78. The van der Waals surface area contributed by atoms with E-state index >= 15 is 0 Å². The van der Waals surface area contributed by atoms with Crippen molar-refractivity contribution in [3.05, 3.63) is 122 Å². The first-order chi connectivity index (χ1) is 20.2. The molecule has 3 heterocycles. The summed E-state index contributed by atoms with van der Waals surface area (Å²) in [4.78, 5) is 49.2. The third-order valence-corrected chi connectivity index (χ3v) is 7.86. The van der Waals surface area contributed by atoms with Gasteiger partial charge in [0, 0.05) is 25.5 Å². The van der Waals surface area contributed by atoms with Crippen LogP contribution in [-0.4, -0.2) is 47.3 Å². The molecule has 0 bridgehead atoms. The number of carbonyl (C=O) groups excluding carboxylic acids is 2. The van der Waals surface area contributed by atoms with E-state index in [1.807, 2.05) is 42.5 Å². The van der Waals surface area contributed by atoms with Crippen molar-refractivity contribution < 1.29 is 14.5 Å². The molecule has 1 saturated heterocycles. The molecule has 3 aromatic carbocycles. The largest absolute Gasteiger partial charge is 0.370 e. The van der Waals surface area contributed by atoms with Gasteiger partial charge in [0.05, 0.1) is 22.4 Å². The van der Waals surface area contributed by atoms with Crippen molar-refractivity contribution in [3.63, 3.8) is 0 Å². The molecule has 13 heteroatoms. The molecule has 4 aromatic rings. The van der Waals surface area contributed by atoms with Gasteiger partial charge in [0.2, 0.25) is 5.91 Å². The van der Waals surface area contributed by atoms with E-state index in [1.54, 1.807) is 19.1 Å². The average Bonchev–Trinajstić information content (AvgIpc) is 3.57. The number of β-lactam (4-membered cyclic amide) rings is 1. The lowest BCUT2D eigenvalue weighted by atomic mass is 9.95. The Morgan fingerprint density at radius 1 is 0.976 bits per heavy atom.